The third-order valence-electron chi connectivity index (χ3n) is 16.1. The number of hydrogen-bond acceptors (Lipinski definition) is 21. The van der Waals surface area contributed by atoms with Crippen LogP contribution < -0.4 is 16.4 Å². The molecule has 3 fully saturated rings. The number of nitrogens with one attached hydrogen (secondary N) is 1. The topological polar surface area (TPSA) is 326 Å². The predicted molar refractivity (Wildman–Crippen MR) is 389 cm³/mol. The molecular formula is C64H96B3Br2N13O15Si2. The van der Waals surface area contributed by atoms with Crippen molar-refractivity contribution in [1.82, 2.24) is 45.4 Å². The van der Waals surface area contributed by atoms with Gasteiger partial charge in [0.1, 0.15) is 12.3 Å². The summed E-state index contributed by atoms with van der Waals surface area (Å²) in [6, 6.07) is 18.0. The summed E-state index contributed by atoms with van der Waals surface area (Å²) >= 11 is 6.24. The first kappa shape index (κ1) is 86.7. The Labute approximate surface area is 602 Å². The molecule has 0 aliphatic carbocycles. The van der Waals surface area contributed by atoms with Gasteiger partial charge >= 0.3 is 45.7 Å². The largest absolute Gasteiger partial charge is 0.605 e. The van der Waals surface area contributed by atoms with Crippen LogP contribution >= 0.6 is 31.9 Å². The van der Waals surface area contributed by atoms with Gasteiger partial charge in [-0.15, -0.1) is 25.2 Å². The number of Topliss-reactive ketones (excluding diaryl/α,β-unsaturated/α-hetero) is 3. The molecule has 538 valence electrons. The lowest BCUT2D eigenvalue weighted by atomic mass is 9.74. The predicted octanol–water partition coefficient (Wildman–Crippen LogP) is 9.94. The Hall–Kier alpha value is -6.56. The van der Waals surface area contributed by atoms with Gasteiger partial charge in [-0.3, -0.25) is 19.2 Å². The van der Waals surface area contributed by atoms with Crippen LogP contribution in [0.3, 0.4) is 0 Å². The molecule has 0 radical (unpaired) electrons. The van der Waals surface area contributed by atoms with E-state index in [1.54, 1.807) is 13.8 Å². The number of carbonyl (C=O) groups excluding carboxylic acids is 5. The number of ketones is 3. The highest BCUT2D eigenvalue weighted by atomic mass is 79.9. The van der Waals surface area contributed by atoms with Gasteiger partial charge in [0, 0.05) is 55.7 Å². The average Bonchev–Trinajstić information content (AvgIpc) is 1.63. The summed E-state index contributed by atoms with van der Waals surface area (Å²) in [5.74, 6) is -2.33. The second-order valence-electron chi connectivity index (χ2n) is 28.2. The Morgan fingerprint density at radius 2 is 0.909 bits per heavy atom. The zero-order valence-electron chi connectivity index (χ0n) is 61.5. The molecule has 0 bridgehead atoms. The van der Waals surface area contributed by atoms with E-state index in [2.05, 4.69) is 186 Å². The van der Waals surface area contributed by atoms with Gasteiger partial charge < -0.3 is 57.2 Å². The van der Waals surface area contributed by atoms with Crippen molar-refractivity contribution in [1.29, 1.82) is 0 Å². The molecule has 0 saturated carbocycles. The van der Waals surface area contributed by atoms with Crippen molar-refractivity contribution >= 4 is 121 Å². The lowest BCUT2D eigenvalue weighted by Crippen LogP contribution is -2.41. The lowest BCUT2D eigenvalue weighted by molar-refractivity contribution is -0.141. The number of halogens is 2. The minimum atomic E-state index is -1.16. The van der Waals surface area contributed by atoms with E-state index in [4.69, 9.17) is 56.1 Å². The molecular weight excluding hydrogens is 1440 g/mol. The molecule has 3 aliphatic rings. The minimum absolute atomic E-state index is 0.101. The SMILES string of the molecule is CC(=O)c1n[nH]nc1Br.CC(=O)c1nn(COCC[Si](C)(C)C)nc1-c1ccc(B2OC(C)(C)C(C)(C)O2)cc1.CC(=O)c1nn(COCC[Si](C)(C)C)nc1Br.CC1(C)OB(c2ccc(B3OC(C)(C)C(C)(C)O3)cc2)OC1(C)C.[C-]#[N+]C(=[N+]=[N-])C(=O)OCC.[C-]#[N+]CC(=O)OCC. The summed E-state index contributed by atoms with van der Waals surface area (Å²) in [5, 5.41) is 26.5. The number of benzene rings is 2. The standard InChI is InChI=1S/C22H34BN3O4Si.C18H28B2O4.C10H18BrN3O2Si.C5H5N3O2.C5H7NO2.C4H4BrN3O/c1-16(27)19-20(25-26(24-19)15-28-13-14-31(6,7)8)17-9-11-18(12-10-17)23-29-21(2,3)22(4,5)30-23;1-15(2)16(3,4)22-19(21-15)13-9-11-14(12-10-13)20-23-17(5,6)18(7,8)24-20;1-8(15)9-10(11)13-14(12-9)7-16-5-6-17(2,3)4;1-3-10-5(9)4(7-2)8-6;1-3-8-5(7)4-6-2;1-2(9)3-4(5)7-8-6-3/h9-12H,13-15H2,1-8H3;9-12H,1-8H3;5-7H2,1-4H3;3H2,1H3;3-4H2,1H3;1H3,(H,6,7,8). The second-order valence-corrected chi connectivity index (χ2v) is 41.0. The Bertz CT molecular complexity index is 3570. The van der Waals surface area contributed by atoms with Gasteiger partial charge in [0.25, 0.3) is 0 Å². The van der Waals surface area contributed by atoms with Crippen molar-refractivity contribution in [3.8, 4) is 11.3 Å². The number of aromatic amines is 1. The summed E-state index contributed by atoms with van der Waals surface area (Å²) < 4.78 is 57.6. The molecule has 3 aromatic heterocycles. The molecule has 5 aromatic rings. The number of esters is 2. The van der Waals surface area contributed by atoms with E-state index in [1.165, 1.54) is 30.4 Å². The maximum atomic E-state index is 12.1. The number of aromatic nitrogens is 9. The van der Waals surface area contributed by atoms with Gasteiger partial charge in [0.15, 0.2) is 57.1 Å². The maximum Gasteiger partial charge on any atom is 0.605 e. The number of carbonyl (C=O) groups is 5. The molecule has 99 heavy (non-hydrogen) atoms. The third kappa shape index (κ3) is 26.7. The summed E-state index contributed by atoms with van der Waals surface area (Å²) in [4.78, 5) is 65.3. The average molecular weight is 1540 g/mol. The molecule has 3 aliphatic heterocycles. The molecule has 0 amide bonds. The molecule has 28 nitrogen and oxygen atoms in total. The Morgan fingerprint density at radius 3 is 1.20 bits per heavy atom. The highest BCUT2D eigenvalue weighted by Crippen LogP contribution is 2.39. The van der Waals surface area contributed by atoms with Crippen LogP contribution in [0.15, 0.2) is 57.7 Å². The highest BCUT2D eigenvalue weighted by molar-refractivity contribution is 9.10. The van der Waals surface area contributed by atoms with Gasteiger partial charge in [-0.2, -0.15) is 29.8 Å². The summed E-state index contributed by atoms with van der Waals surface area (Å²) in [6.45, 7) is 60.9. The van der Waals surface area contributed by atoms with Crippen LogP contribution in [-0.2, 0) is 69.9 Å². The van der Waals surface area contributed by atoms with E-state index in [9.17, 15) is 24.0 Å². The number of amidine groups is 1. The molecule has 0 atom stereocenters. The van der Waals surface area contributed by atoms with Crippen LogP contribution in [0.5, 0.6) is 0 Å². The van der Waals surface area contributed by atoms with Gasteiger partial charge in [0.05, 0.1) is 46.8 Å². The van der Waals surface area contributed by atoms with Crippen molar-refractivity contribution < 1.29 is 75.6 Å². The fourth-order valence-electron chi connectivity index (χ4n) is 8.05. The molecule has 0 unspecified atom stereocenters. The van der Waals surface area contributed by atoms with Crippen molar-refractivity contribution in [3.05, 3.63) is 103 Å². The van der Waals surface area contributed by atoms with Crippen LogP contribution in [0.1, 0.15) is 149 Å². The van der Waals surface area contributed by atoms with E-state index >= 15 is 0 Å². The third-order valence-corrected chi connectivity index (χ3v) is 20.5. The summed E-state index contributed by atoms with van der Waals surface area (Å²) in [6.07, 6.45) is 0. The smallest absolute Gasteiger partial charge is 0.465 e. The number of ether oxygens (including phenoxy) is 4. The summed E-state index contributed by atoms with van der Waals surface area (Å²) in [7, 11) is -3.33. The van der Waals surface area contributed by atoms with Crippen LogP contribution in [-0.4, -0.2) is 189 Å². The van der Waals surface area contributed by atoms with E-state index in [1.807, 2.05) is 76.2 Å². The van der Waals surface area contributed by atoms with Crippen molar-refractivity contribution in [2.45, 2.75) is 216 Å². The molecule has 8 rings (SSSR count). The van der Waals surface area contributed by atoms with Gasteiger partial charge in [-0.25, -0.2) is 11.4 Å². The second kappa shape index (κ2) is 37.4. The number of rotatable bonds is 20. The molecule has 35 heteroatoms. The molecule has 1 N–H and O–H groups in total. The first-order valence-corrected chi connectivity index (χ1v) is 41.0. The van der Waals surface area contributed by atoms with E-state index < -0.39 is 52.2 Å². The highest BCUT2D eigenvalue weighted by Gasteiger charge is 2.54. The molecule has 3 saturated heterocycles. The van der Waals surface area contributed by atoms with E-state index in [-0.39, 0.29) is 80.6 Å². The van der Waals surface area contributed by atoms with Gasteiger partial charge in [-0.1, -0.05) is 87.8 Å². The number of nitrogens with zero attached hydrogens (tertiary/aromatic N) is 12. The van der Waals surface area contributed by atoms with Crippen molar-refractivity contribution in [3.63, 3.8) is 0 Å². The fourth-order valence-corrected chi connectivity index (χ4v) is 10.6. The lowest BCUT2D eigenvalue weighted by Gasteiger charge is -2.32. The van der Waals surface area contributed by atoms with E-state index in [0.717, 1.165) is 34.0 Å². The Balaban J connectivity index is 0.000000333. The van der Waals surface area contributed by atoms with Crippen LogP contribution in [0, 0.1) is 13.1 Å². The maximum absolute atomic E-state index is 12.1. The molecule has 0 spiro atoms. The Morgan fingerprint density at radius 1 is 0.545 bits per heavy atom. The number of hydrogen-bond donors (Lipinski definition) is 1. The molecule has 6 heterocycles. The van der Waals surface area contributed by atoms with Crippen LogP contribution in [0.4, 0.5) is 0 Å². The first-order chi connectivity index (χ1) is 45.7. The van der Waals surface area contributed by atoms with Gasteiger partial charge in [0.2, 0.25) is 0 Å². The van der Waals surface area contributed by atoms with Gasteiger partial charge in [-0.05, 0) is 157 Å². The summed E-state index contributed by atoms with van der Waals surface area (Å²) in [5.41, 5.74) is 11.2. The normalized spacial score (nSPS) is 16.3. The van der Waals surface area contributed by atoms with Crippen molar-refractivity contribution in [2.24, 2.45) is 0 Å². The zero-order valence-corrected chi connectivity index (χ0v) is 66.6. The fraction of sp³-hybridized carbons (Fsp3) is 0.594. The zero-order chi connectivity index (χ0) is 75.3. The Kier molecular flexibility index (Phi) is 32.7. The van der Waals surface area contributed by atoms with Crippen LogP contribution in [0.25, 0.3) is 26.5 Å². The van der Waals surface area contributed by atoms with E-state index in [0.29, 0.717) is 51.8 Å². The molecule has 2 aromatic carbocycles. The minimum Gasteiger partial charge on any atom is -0.465 e. The number of H-pyrrole nitrogens is 1. The monoisotopic (exact) mass is 1530 g/mol. The van der Waals surface area contributed by atoms with Crippen molar-refractivity contribution in [2.75, 3.05) is 33.0 Å². The van der Waals surface area contributed by atoms with Crippen LogP contribution in [0.2, 0.25) is 51.4 Å². The quantitative estimate of drug-likeness (QED) is 0.00871. The first-order valence-electron chi connectivity index (χ1n) is 32.0.